The average molecular weight is 487 g/mol. The molecule has 160 valence electrons. The number of nitro benzene ring substituents is 1. The summed E-state index contributed by atoms with van der Waals surface area (Å²) in [6.45, 7) is 0. The average Bonchev–Trinajstić information content (AvgIpc) is 3.47. The van der Waals surface area contributed by atoms with Crippen LogP contribution in [0.15, 0.2) is 42.7 Å². The fourth-order valence-electron chi connectivity index (χ4n) is 3.16. The van der Waals surface area contributed by atoms with Gasteiger partial charge in [-0.25, -0.2) is 0 Å². The highest BCUT2D eigenvalue weighted by molar-refractivity contribution is 7.22. The van der Waals surface area contributed by atoms with Gasteiger partial charge in [0.05, 0.1) is 22.7 Å². The molecular formula is C19H11ClN6O4S2. The number of aromatic nitrogens is 4. The third-order valence-electron chi connectivity index (χ3n) is 4.62. The van der Waals surface area contributed by atoms with E-state index in [2.05, 4.69) is 20.6 Å². The molecule has 13 heteroatoms. The smallest absolute Gasteiger partial charge is 0.287 e. The number of hydrogen-bond acceptors (Lipinski definition) is 9. The zero-order valence-corrected chi connectivity index (χ0v) is 18.5. The number of methoxy groups -OCH3 is 1. The quantitative estimate of drug-likeness (QED) is 0.277. The van der Waals surface area contributed by atoms with Crippen molar-refractivity contribution < 1.29 is 14.5 Å². The molecule has 1 amide bonds. The van der Waals surface area contributed by atoms with Gasteiger partial charge in [-0.15, -0.1) is 21.5 Å². The van der Waals surface area contributed by atoms with Crippen LogP contribution in [0.25, 0.3) is 25.6 Å². The van der Waals surface area contributed by atoms with Crippen molar-refractivity contribution in [2.45, 2.75) is 0 Å². The lowest BCUT2D eigenvalue weighted by Gasteiger charge is -2.11. The third kappa shape index (κ3) is 3.34. The van der Waals surface area contributed by atoms with Crippen LogP contribution in [-0.4, -0.2) is 37.8 Å². The molecule has 0 unspecified atom stereocenters. The molecule has 5 rings (SSSR count). The first-order valence-corrected chi connectivity index (χ1v) is 11.0. The number of rotatable bonds is 5. The highest BCUT2D eigenvalue weighted by atomic mass is 35.5. The molecule has 0 radical (unpaired) electrons. The van der Waals surface area contributed by atoms with Gasteiger partial charge in [-0.2, -0.15) is 9.61 Å². The third-order valence-corrected chi connectivity index (χ3v) is 7.31. The molecule has 0 atom stereocenters. The summed E-state index contributed by atoms with van der Waals surface area (Å²) >= 11 is 8.72. The van der Waals surface area contributed by atoms with E-state index in [1.165, 1.54) is 36.9 Å². The van der Waals surface area contributed by atoms with Crippen LogP contribution in [0.2, 0.25) is 5.02 Å². The fourth-order valence-corrected chi connectivity index (χ4v) is 5.46. The summed E-state index contributed by atoms with van der Waals surface area (Å²) in [5.41, 5.74) is 1.05. The molecule has 0 aliphatic rings. The van der Waals surface area contributed by atoms with Crippen molar-refractivity contribution in [2.24, 2.45) is 0 Å². The summed E-state index contributed by atoms with van der Waals surface area (Å²) in [6, 6.07) is 9.82. The number of thiophene rings is 1. The number of benzene rings is 2. The molecule has 3 heterocycles. The Morgan fingerprint density at radius 3 is 2.88 bits per heavy atom. The lowest BCUT2D eigenvalue weighted by atomic mass is 10.2. The van der Waals surface area contributed by atoms with Gasteiger partial charge in [-0.05, 0) is 18.2 Å². The minimum atomic E-state index is -0.501. The highest BCUT2D eigenvalue weighted by Crippen LogP contribution is 2.41. The van der Waals surface area contributed by atoms with Crippen LogP contribution in [-0.2, 0) is 0 Å². The van der Waals surface area contributed by atoms with Crippen LogP contribution in [0.1, 0.15) is 9.67 Å². The number of non-ortho nitro benzene ring substituents is 1. The minimum absolute atomic E-state index is 0.101. The fraction of sp³-hybridized carbons (Fsp3) is 0.0526. The molecule has 2 aromatic carbocycles. The Morgan fingerprint density at radius 1 is 1.28 bits per heavy atom. The van der Waals surface area contributed by atoms with Crippen LogP contribution < -0.4 is 10.1 Å². The lowest BCUT2D eigenvalue weighted by molar-refractivity contribution is -0.382. The summed E-state index contributed by atoms with van der Waals surface area (Å²) in [6.07, 6.45) is 1.50. The zero-order valence-electron chi connectivity index (χ0n) is 16.1. The van der Waals surface area contributed by atoms with Gasteiger partial charge in [-0.1, -0.05) is 35.1 Å². The predicted octanol–water partition coefficient (Wildman–Crippen LogP) is 4.89. The standard InChI is InChI=1S/C19H11ClN6O4S2/c1-30-13-6-5-9(18-24-25-8-21-23-19(25)32-18)7-11(13)22-17(27)16-14(20)10-3-2-4-12(26(28)29)15(10)31-16/h2-8H,1H3,(H,22,27). The van der Waals surface area contributed by atoms with Crippen molar-refractivity contribution in [3.05, 3.63) is 62.7 Å². The predicted molar refractivity (Wildman–Crippen MR) is 122 cm³/mol. The molecule has 0 saturated carbocycles. The normalized spacial score (nSPS) is 11.2. The number of hydrogen-bond donors (Lipinski definition) is 1. The van der Waals surface area contributed by atoms with Crippen molar-refractivity contribution >= 4 is 66.6 Å². The number of nitrogens with zero attached hydrogens (tertiary/aromatic N) is 5. The van der Waals surface area contributed by atoms with Gasteiger partial charge in [-0.3, -0.25) is 14.9 Å². The van der Waals surface area contributed by atoms with Crippen molar-refractivity contribution in [3.63, 3.8) is 0 Å². The molecule has 0 aliphatic heterocycles. The van der Waals surface area contributed by atoms with Gasteiger partial charge in [0.15, 0.2) is 0 Å². The maximum Gasteiger partial charge on any atom is 0.287 e. The topological polar surface area (TPSA) is 125 Å². The van der Waals surface area contributed by atoms with Crippen LogP contribution in [0.4, 0.5) is 11.4 Å². The van der Waals surface area contributed by atoms with E-state index in [-0.39, 0.29) is 15.6 Å². The second-order valence-corrected chi connectivity index (χ2v) is 8.85. The number of nitro groups is 1. The molecule has 0 saturated heterocycles. The van der Waals surface area contributed by atoms with E-state index < -0.39 is 10.8 Å². The SMILES string of the molecule is COc1ccc(-c2nn3cnnc3s2)cc1NC(=O)c1sc2c([N+](=O)[O-])cccc2c1Cl. The molecule has 5 aromatic rings. The first-order chi connectivity index (χ1) is 15.5. The number of anilines is 1. The van der Waals surface area contributed by atoms with E-state index in [4.69, 9.17) is 16.3 Å². The van der Waals surface area contributed by atoms with Gasteiger partial charge in [0, 0.05) is 17.0 Å². The Kier molecular flexibility index (Phi) is 4.96. The molecular weight excluding hydrogens is 476 g/mol. The van der Waals surface area contributed by atoms with Gasteiger partial charge >= 0.3 is 0 Å². The van der Waals surface area contributed by atoms with Crippen LogP contribution in [0.5, 0.6) is 5.75 Å². The lowest BCUT2D eigenvalue weighted by Crippen LogP contribution is -2.11. The largest absolute Gasteiger partial charge is 0.495 e. The Labute approximate surface area is 192 Å². The van der Waals surface area contributed by atoms with Crippen molar-refractivity contribution in [2.75, 3.05) is 12.4 Å². The summed E-state index contributed by atoms with van der Waals surface area (Å²) in [5, 5.41) is 27.6. The number of amides is 1. The van der Waals surface area contributed by atoms with Crippen LogP contribution in [0, 0.1) is 10.1 Å². The number of carbonyl (C=O) groups is 1. The van der Waals surface area contributed by atoms with E-state index in [0.29, 0.717) is 31.5 Å². The number of ether oxygens (including phenoxy) is 1. The van der Waals surface area contributed by atoms with Crippen LogP contribution in [0.3, 0.4) is 0 Å². The van der Waals surface area contributed by atoms with Crippen molar-refractivity contribution in [1.82, 2.24) is 19.8 Å². The van der Waals surface area contributed by atoms with Crippen molar-refractivity contribution in [1.29, 1.82) is 0 Å². The summed E-state index contributed by atoms with van der Waals surface area (Å²) in [4.78, 5) is 24.7. The Bertz CT molecular complexity index is 1500. The summed E-state index contributed by atoms with van der Waals surface area (Å²) < 4.78 is 7.28. The number of carbonyl (C=O) groups excluding carboxylic acids is 1. The molecule has 0 aliphatic carbocycles. The first kappa shape index (κ1) is 20.3. The van der Waals surface area contributed by atoms with Gasteiger partial charge in [0.2, 0.25) is 4.96 Å². The number of fused-ring (bicyclic) bond motifs is 2. The Hall–Kier alpha value is -3.61. The van der Waals surface area contributed by atoms with E-state index in [0.717, 1.165) is 16.9 Å². The van der Waals surface area contributed by atoms with E-state index in [9.17, 15) is 14.9 Å². The van der Waals surface area contributed by atoms with Gasteiger partial charge in [0.1, 0.15) is 26.7 Å². The van der Waals surface area contributed by atoms with Crippen LogP contribution >= 0.6 is 34.3 Å². The molecule has 3 aromatic heterocycles. The summed E-state index contributed by atoms with van der Waals surface area (Å²) in [7, 11) is 1.49. The van der Waals surface area contributed by atoms with Gasteiger partial charge < -0.3 is 10.1 Å². The second kappa shape index (κ2) is 7.82. The molecule has 32 heavy (non-hydrogen) atoms. The maximum atomic E-state index is 13.1. The highest BCUT2D eigenvalue weighted by Gasteiger charge is 2.23. The molecule has 10 nitrogen and oxygen atoms in total. The molecule has 0 spiro atoms. The van der Waals surface area contributed by atoms with Gasteiger partial charge in [0.25, 0.3) is 11.6 Å². The molecule has 0 bridgehead atoms. The van der Waals surface area contributed by atoms with E-state index >= 15 is 0 Å². The Balaban J connectivity index is 1.52. The number of halogens is 1. The zero-order chi connectivity index (χ0) is 22.4. The monoisotopic (exact) mass is 486 g/mol. The summed E-state index contributed by atoms with van der Waals surface area (Å²) in [5.74, 6) is -0.0626. The van der Waals surface area contributed by atoms with E-state index in [1.54, 1.807) is 22.7 Å². The Morgan fingerprint density at radius 2 is 2.12 bits per heavy atom. The first-order valence-electron chi connectivity index (χ1n) is 8.98. The molecule has 0 fully saturated rings. The maximum absolute atomic E-state index is 13.1. The van der Waals surface area contributed by atoms with E-state index in [1.807, 2.05) is 6.07 Å². The number of nitrogens with one attached hydrogen (secondary N) is 1. The second-order valence-electron chi connectivity index (χ2n) is 6.49. The molecule has 1 N–H and O–H groups in total. The minimum Gasteiger partial charge on any atom is -0.495 e. The van der Waals surface area contributed by atoms with Crippen molar-refractivity contribution in [3.8, 4) is 16.3 Å².